The van der Waals surface area contributed by atoms with Crippen LogP contribution in [-0.4, -0.2) is 23.1 Å². The minimum Gasteiger partial charge on any atom is -0.494 e. The van der Waals surface area contributed by atoms with E-state index in [4.69, 9.17) is 4.74 Å². The first kappa shape index (κ1) is 17.3. The van der Waals surface area contributed by atoms with Gasteiger partial charge in [-0.1, -0.05) is 12.1 Å². The number of rotatable bonds is 7. The number of ether oxygens (including phenoxy) is 1. The van der Waals surface area contributed by atoms with Crippen molar-refractivity contribution in [2.24, 2.45) is 0 Å². The normalized spacial score (nSPS) is 10.0. The van der Waals surface area contributed by atoms with Crippen LogP contribution in [0.2, 0.25) is 0 Å². The van der Waals surface area contributed by atoms with Crippen LogP contribution in [0.4, 0.5) is 10.1 Å². The molecule has 1 heterocycles. The van der Waals surface area contributed by atoms with Crippen LogP contribution in [0, 0.1) is 6.92 Å². The van der Waals surface area contributed by atoms with Gasteiger partial charge in [0.2, 0.25) is 0 Å². The Morgan fingerprint density at radius 1 is 1.29 bits per heavy atom. The highest BCUT2D eigenvalue weighted by Gasteiger charge is 2.04. The third-order valence-electron chi connectivity index (χ3n) is 2.98. The highest BCUT2D eigenvalue weighted by molar-refractivity contribution is 5.85. The van der Waals surface area contributed by atoms with E-state index in [0.717, 1.165) is 22.7 Å². The van der Waals surface area contributed by atoms with Gasteiger partial charge in [0.1, 0.15) is 12.4 Å². The zero-order valence-corrected chi connectivity index (χ0v) is 13.1. The lowest BCUT2D eigenvalue weighted by Crippen LogP contribution is -2.00. The molecule has 6 heteroatoms. The molecule has 1 aromatic heterocycles. The minimum atomic E-state index is -0.403. The molecule has 0 aliphatic rings. The van der Waals surface area contributed by atoms with Gasteiger partial charge in [0.25, 0.3) is 0 Å². The number of hydrogen-bond acceptors (Lipinski definition) is 3. The third-order valence-corrected chi connectivity index (χ3v) is 2.98. The van der Waals surface area contributed by atoms with Gasteiger partial charge < -0.3 is 10.1 Å². The number of alkyl halides is 1. The summed E-state index contributed by atoms with van der Waals surface area (Å²) in [6, 6.07) is 7.97. The topological polar surface area (TPSA) is 39.1 Å². The summed E-state index contributed by atoms with van der Waals surface area (Å²) >= 11 is 0. The van der Waals surface area contributed by atoms with Crippen molar-refractivity contribution in [1.29, 1.82) is 0 Å². The van der Waals surface area contributed by atoms with Crippen LogP contribution in [0.15, 0.2) is 30.5 Å². The van der Waals surface area contributed by atoms with Crippen LogP contribution < -0.4 is 10.1 Å². The average molecular weight is 314 g/mol. The molecule has 2 aromatic rings. The van der Waals surface area contributed by atoms with Crippen molar-refractivity contribution in [3.8, 4) is 5.75 Å². The lowest BCUT2D eigenvalue weighted by molar-refractivity contribution is 0.340. The van der Waals surface area contributed by atoms with Crippen molar-refractivity contribution < 1.29 is 9.13 Å². The van der Waals surface area contributed by atoms with Crippen molar-refractivity contribution in [1.82, 2.24) is 9.78 Å². The van der Waals surface area contributed by atoms with Crippen molar-refractivity contribution >= 4 is 18.1 Å². The van der Waals surface area contributed by atoms with Gasteiger partial charge in [-0.2, -0.15) is 5.10 Å². The second-order valence-electron chi connectivity index (χ2n) is 4.51. The Morgan fingerprint density at radius 2 is 2.00 bits per heavy atom. The van der Waals surface area contributed by atoms with Crippen LogP contribution in [0.5, 0.6) is 5.75 Å². The van der Waals surface area contributed by atoms with E-state index in [1.807, 2.05) is 44.3 Å². The van der Waals surface area contributed by atoms with Gasteiger partial charge in [-0.15, -0.1) is 12.4 Å². The van der Waals surface area contributed by atoms with Gasteiger partial charge in [0, 0.05) is 12.7 Å². The molecule has 116 valence electrons. The average Bonchev–Trinajstić information content (AvgIpc) is 2.79. The highest BCUT2D eigenvalue weighted by Crippen LogP contribution is 2.16. The summed E-state index contributed by atoms with van der Waals surface area (Å²) in [5.41, 5.74) is 2.97. The van der Waals surface area contributed by atoms with Crippen molar-refractivity contribution in [3.05, 3.63) is 41.7 Å². The zero-order chi connectivity index (χ0) is 14.4. The number of halogens is 2. The maximum absolute atomic E-state index is 12.3. The number of nitrogens with zero attached hydrogens (tertiary/aromatic N) is 2. The Bertz CT molecular complexity index is 542. The fraction of sp³-hybridized carbons (Fsp3) is 0.400. The molecule has 0 saturated carbocycles. The summed E-state index contributed by atoms with van der Waals surface area (Å²) < 4.78 is 19.3. The summed E-state index contributed by atoms with van der Waals surface area (Å²) in [5, 5.41) is 7.56. The smallest absolute Gasteiger partial charge is 0.119 e. The molecule has 0 radical (unpaired) electrons. The van der Waals surface area contributed by atoms with Crippen LogP contribution in [0.3, 0.4) is 0 Å². The molecule has 0 spiro atoms. The summed E-state index contributed by atoms with van der Waals surface area (Å²) in [5.74, 6) is 0.878. The van der Waals surface area contributed by atoms with E-state index >= 15 is 0 Å². The molecule has 0 atom stereocenters. The number of nitrogens with one attached hydrogen (secondary N) is 1. The minimum absolute atomic E-state index is 0. The zero-order valence-electron chi connectivity index (χ0n) is 12.3. The fourth-order valence-electron chi connectivity index (χ4n) is 1.96. The molecule has 0 unspecified atom stereocenters. The molecule has 0 aliphatic carbocycles. The quantitative estimate of drug-likeness (QED) is 0.849. The Labute approximate surface area is 130 Å². The maximum atomic E-state index is 12.3. The number of aromatic nitrogens is 2. The van der Waals surface area contributed by atoms with Gasteiger partial charge in [-0.25, -0.2) is 4.39 Å². The third kappa shape index (κ3) is 4.93. The van der Waals surface area contributed by atoms with Gasteiger partial charge >= 0.3 is 0 Å². The van der Waals surface area contributed by atoms with Gasteiger partial charge in [-0.3, -0.25) is 4.68 Å². The second-order valence-corrected chi connectivity index (χ2v) is 4.51. The lowest BCUT2D eigenvalue weighted by Gasteiger charge is -2.07. The number of hydrogen-bond donors (Lipinski definition) is 1. The summed E-state index contributed by atoms with van der Waals surface area (Å²) in [4.78, 5) is 0. The van der Waals surface area contributed by atoms with Crippen LogP contribution in [0.1, 0.15) is 18.2 Å². The van der Waals surface area contributed by atoms with Gasteiger partial charge in [-0.05, 0) is 31.5 Å². The summed E-state index contributed by atoms with van der Waals surface area (Å²) in [7, 11) is 0. The molecule has 1 N–H and O–H groups in total. The molecule has 0 amide bonds. The molecule has 0 fully saturated rings. The molecule has 1 aromatic carbocycles. The lowest BCUT2D eigenvalue weighted by atomic mass is 10.2. The van der Waals surface area contributed by atoms with Crippen LogP contribution in [0.25, 0.3) is 0 Å². The van der Waals surface area contributed by atoms with E-state index in [1.165, 1.54) is 0 Å². The first-order valence-corrected chi connectivity index (χ1v) is 6.78. The molecule has 0 bridgehead atoms. The van der Waals surface area contributed by atoms with E-state index in [9.17, 15) is 4.39 Å². The summed E-state index contributed by atoms with van der Waals surface area (Å²) in [6.45, 7) is 5.15. The van der Waals surface area contributed by atoms with Gasteiger partial charge in [0.15, 0.2) is 0 Å². The van der Waals surface area contributed by atoms with E-state index in [-0.39, 0.29) is 12.4 Å². The molecule has 21 heavy (non-hydrogen) atoms. The SMILES string of the molecule is CCOc1ccc(CNc2cn(CCF)nc2C)cc1.Cl. The van der Waals surface area contributed by atoms with E-state index in [0.29, 0.717) is 19.7 Å². The molecular formula is C15H21ClFN3O. The molecule has 0 aliphatic heterocycles. The van der Waals surface area contributed by atoms with E-state index in [1.54, 1.807) is 4.68 Å². The fourth-order valence-corrected chi connectivity index (χ4v) is 1.96. The number of aryl methyl sites for hydroxylation is 2. The van der Waals surface area contributed by atoms with Crippen LogP contribution in [-0.2, 0) is 13.1 Å². The standard InChI is InChI=1S/C15H20FN3O.ClH/c1-3-20-14-6-4-13(5-7-14)10-17-15-11-19(9-8-16)18-12(15)2;/h4-7,11,17H,3,8-10H2,1-2H3;1H. The van der Waals surface area contributed by atoms with E-state index in [2.05, 4.69) is 10.4 Å². The van der Waals surface area contributed by atoms with Crippen LogP contribution >= 0.6 is 12.4 Å². The van der Waals surface area contributed by atoms with Crippen molar-refractivity contribution in [2.75, 3.05) is 18.6 Å². The Balaban J connectivity index is 0.00000220. The van der Waals surface area contributed by atoms with E-state index < -0.39 is 6.67 Å². The summed E-state index contributed by atoms with van der Waals surface area (Å²) in [6.07, 6.45) is 1.84. The molecule has 0 saturated heterocycles. The first-order chi connectivity index (χ1) is 9.72. The molecule has 4 nitrogen and oxygen atoms in total. The largest absolute Gasteiger partial charge is 0.494 e. The number of benzene rings is 1. The van der Waals surface area contributed by atoms with Gasteiger partial charge in [0.05, 0.1) is 24.5 Å². The van der Waals surface area contributed by atoms with Crippen molar-refractivity contribution in [2.45, 2.75) is 26.9 Å². The monoisotopic (exact) mass is 313 g/mol. The second kappa shape index (κ2) is 8.52. The molecular weight excluding hydrogens is 293 g/mol. The Hall–Kier alpha value is -1.75. The van der Waals surface area contributed by atoms with Crippen molar-refractivity contribution in [3.63, 3.8) is 0 Å². The molecule has 2 rings (SSSR count). The Morgan fingerprint density at radius 3 is 2.62 bits per heavy atom. The highest BCUT2D eigenvalue weighted by atomic mass is 35.5. The maximum Gasteiger partial charge on any atom is 0.119 e. The Kier molecular flexibility index (Phi) is 7.02. The number of anilines is 1. The predicted octanol–water partition coefficient (Wildman–Crippen LogP) is 3.59. The first-order valence-electron chi connectivity index (χ1n) is 6.78. The predicted molar refractivity (Wildman–Crippen MR) is 85.1 cm³/mol.